The van der Waals surface area contributed by atoms with Crippen molar-refractivity contribution in [1.29, 1.82) is 0 Å². The second kappa shape index (κ2) is 9.18. The minimum absolute atomic E-state index is 0. The van der Waals surface area contributed by atoms with E-state index in [1.807, 2.05) is 54.6 Å². The van der Waals surface area contributed by atoms with E-state index in [-0.39, 0.29) is 18.3 Å². The van der Waals surface area contributed by atoms with Crippen molar-refractivity contribution >= 4 is 18.3 Å². The Hall–Kier alpha value is -2.04. The molecule has 23 heavy (non-hydrogen) atoms. The zero-order chi connectivity index (χ0) is 15.9. The molecule has 0 saturated heterocycles. The average molecular weight is 335 g/mol. The standard InChI is InChI=1S/C18H22N2O2.ClH/c1-20(13-15-8-10-16(22-2)11-9-15)18(21)17(19)12-14-6-4-3-5-7-14;/h3-11,17H,12-13,19H2,1-2H3;1H. The number of benzene rings is 2. The largest absolute Gasteiger partial charge is 0.497 e. The SMILES string of the molecule is COc1ccc(CN(C)C(=O)C(N)Cc2ccccc2)cc1.Cl. The lowest BCUT2D eigenvalue weighted by molar-refractivity contribution is -0.131. The lowest BCUT2D eigenvalue weighted by Crippen LogP contribution is -2.42. The van der Waals surface area contributed by atoms with Crippen LogP contribution in [0.15, 0.2) is 54.6 Å². The summed E-state index contributed by atoms with van der Waals surface area (Å²) in [6, 6.07) is 17.0. The first-order valence-electron chi connectivity index (χ1n) is 7.27. The highest BCUT2D eigenvalue weighted by atomic mass is 35.5. The summed E-state index contributed by atoms with van der Waals surface area (Å²) < 4.78 is 5.13. The van der Waals surface area contributed by atoms with Crippen molar-refractivity contribution < 1.29 is 9.53 Å². The number of nitrogens with zero attached hydrogens (tertiary/aromatic N) is 1. The molecule has 1 atom stereocenters. The fourth-order valence-electron chi connectivity index (χ4n) is 2.32. The van der Waals surface area contributed by atoms with Crippen LogP contribution in [0.25, 0.3) is 0 Å². The van der Waals surface area contributed by atoms with Gasteiger partial charge in [-0.2, -0.15) is 0 Å². The van der Waals surface area contributed by atoms with E-state index in [0.717, 1.165) is 16.9 Å². The van der Waals surface area contributed by atoms with E-state index >= 15 is 0 Å². The predicted octanol–water partition coefficient (Wildman–Crippen LogP) is 2.65. The van der Waals surface area contributed by atoms with Gasteiger partial charge in [0.25, 0.3) is 0 Å². The van der Waals surface area contributed by atoms with Crippen LogP contribution in [0.5, 0.6) is 5.75 Å². The van der Waals surface area contributed by atoms with E-state index in [4.69, 9.17) is 10.5 Å². The molecule has 0 aliphatic carbocycles. The van der Waals surface area contributed by atoms with Crippen LogP contribution in [0, 0.1) is 0 Å². The first-order chi connectivity index (χ1) is 10.6. The van der Waals surface area contributed by atoms with Gasteiger partial charge in [0.05, 0.1) is 13.2 Å². The van der Waals surface area contributed by atoms with Crippen molar-refractivity contribution in [3.63, 3.8) is 0 Å². The molecule has 2 aromatic rings. The molecule has 5 heteroatoms. The Kier molecular flexibility index (Phi) is 7.59. The Labute approximate surface area is 143 Å². The van der Waals surface area contributed by atoms with Crippen molar-refractivity contribution in [3.05, 3.63) is 65.7 Å². The molecule has 0 radical (unpaired) electrons. The Bertz CT molecular complexity index is 602. The molecule has 0 bridgehead atoms. The Morgan fingerprint density at radius 2 is 1.70 bits per heavy atom. The Balaban J connectivity index is 0.00000264. The van der Waals surface area contributed by atoms with Gasteiger partial charge in [0.2, 0.25) is 5.91 Å². The van der Waals surface area contributed by atoms with Gasteiger partial charge in [0.1, 0.15) is 5.75 Å². The minimum Gasteiger partial charge on any atom is -0.497 e. The van der Waals surface area contributed by atoms with E-state index < -0.39 is 6.04 Å². The fraction of sp³-hybridized carbons (Fsp3) is 0.278. The number of rotatable bonds is 6. The molecule has 0 heterocycles. The molecule has 0 spiro atoms. The average Bonchev–Trinajstić information content (AvgIpc) is 2.55. The van der Waals surface area contributed by atoms with Gasteiger partial charge in [-0.3, -0.25) is 4.79 Å². The number of carbonyl (C=O) groups excluding carboxylic acids is 1. The van der Waals surface area contributed by atoms with Gasteiger partial charge in [-0.05, 0) is 29.7 Å². The van der Waals surface area contributed by atoms with Gasteiger partial charge >= 0.3 is 0 Å². The summed E-state index contributed by atoms with van der Waals surface area (Å²) in [5.74, 6) is 0.748. The summed E-state index contributed by atoms with van der Waals surface area (Å²) in [5, 5.41) is 0. The van der Waals surface area contributed by atoms with Crippen LogP contribution < -0.4 is 10.5 Å². The van der Waals surface area contributed by atoms with E-state index in [2.05, 4.69) is 0 Å². The summed E-state index contributed by atoms with van der Waals surface area (Å²) in [7, 11) is 3.41. The van der Waals surface area contributed by atoms with Crippen molar-refractivity contribution in [3.8, 4) is 5.75 Å². The smallest absolute Gasteiger partial charge is 0.239 e. The predicted molar refractivity (Wildman–Crippen MR) is 94.8 cm³/mol. The zero-order valence-corrected chi connectivity index (χ0v) is 14.3. The minimum atomic E-state index is -0.523. The Morgan fingerprint density at radius 1 is 1.09 bits per heavy atom. The number of ether oxygens (including phenoxy) is 1. The molecule has 2 rings (SSSR count). The summed E-state index contributed by atoms with van der Waals surface area (Å²) in [6.07, 6.45) is 0.548. The van der Waals surface area contributed by atoms with Gasteiger partial charge in [-0.25, -0.2) is 0 Å². The second-order valence-electron chi connectivity index (χ2n) is 5.34. The first kappa shape index (κ1) is 19.0. The van der Waals surface area contributed by atoms with Crippen molar-refractivity contribution in [1.82, 2.24) is 4.90 Å². The van der Waals surface area contributed by atoms with Gasteiger partial charge in [0, 0.05) is 13.6 Å². The highest BCUT2D eigenvalue weighted by Gasteiger charge is 2.18. The molecule has 124 valence electrons. The Morgan fingerprint density at radius 3 is 2.26 bits per heavy atom. The number of halogens is 1. The molecule has 4 nitrogen and oxygen atoms in total. The third-order valence-corrected chi connectivity index (χ3v) is 3.57. The number of likely N-dealkylation sites (N-methyl/N-ethyl adjacent to an activating group) is 1. The van der Waals surface area contributed by atoms with E-state index in [9.17, 15) is 4.79 Å². The maximum atomic E-state index is 12.4. The van der Waals surface area contributed by atoms with Crippen LogP contribution >= 0.6 is 12.4 Å². The van der Waals surface area contributed by atoms with Crippen LogP contribution in [-0.4, -0.2) is 31.0 Å². The van der Waals surface area contributed by atoms with Crippen LogP contribution in [0.2, 0.25) is 0 Å². The molecule has 1 amide bonds. The highest BCUT2D eigenvalue weighted by molar-refractivity contribution is 5.85. The number of methoxy groups -OCH3 is 1. The lowest BCUT2D eigenvalue weighted by Gasteiger charge is -2.21. The third-order valence-electron chi connectivity index (χ3n) is 3.57. The van der Waals surface area contributed by atoms with E-state index in [1.54, 1.807) is 19.1 Å². The number of hydrogen-bond donors (Lipinski definition) is 1. The molecule has 0 saturated carbocycles. The van der Waals surface area contributed by atoms with Crippen LogP contribution in [0.4, 0.5) is 0 Å². The molecule has 0 aliphatic rings. The second-order valence-corrected chi connectivity index (χ2v) is 5.34. The quantitative estimate of drug-likeness (QED) is 0.883. The van der Waals surface area contributed by atoms with Crippen molar-refractivity contribution in [2.75, 3.05) is 14.2 Å². The molecular formula is C18H23ClN2O2. The highest BCUT2D eigenvalue weighted by Crippen LogP contribution is 2.13. The summed E-state index contributed by atoms with van der Waals surface area (Å²) in [5.41, 5.74) is 8.15. The summed E-state index contributed by atoms with van der Waals surface area (Å²) >= 11 is 0. The maximum Gasteiger partial charge on any atom is 0.239 e. The third kappa shape index (κ3) is 5.58. The lowest BCUT2D eigenvalue weighted by atomic mass is 10.1. The summed E-state index contributed by atoms with van der Waals surface area (Å²) in [4.78, 5) is 14.0. The molecule has 2 N–H and O–H groups in total. The van der Waals surface area contributed by atoms with Gasteiger partial charge in [-0.1, -0.05) is 42.5 Å². The van der Waals surface area contributed by atoms with Crippen LogP contribution in [0.3, 0.4) is 0 Å². The normalized spacial score (nSPS) is 11.3. The number of nitrogens with two attached hydrogens (primary N) is 1. The van der Waals surface area contributed by atoms with Gasteiger partial charge in [0.15, 0.2) is 0 Å². The molecule has 2 aromatic carbocycles. The van der Waals surface area contributed by atoms with E-state index in [0.29, 0.717) is 13.0 Å². The monoisotopic (exact) mass is 334 g/mol. The first-order valence-corrected chi connectivity index (χ1v) is 7.27. The van der Waals surface area contributed by atoms with Crippen LogP contribution in [0.1, 0.15) is 11.1 Å². The maximum absolute atomic E-state index is 12.4. The van der Waals surface area contributed by atoms with E-state index in [1.165, 1.54) is 0 Å². The van der Waals surface area contributed by atoms with Gasteiger partial charge in [-0.15, -0.1) is 12.4 Å². The zero-order valence-electron chi connectivity index (χ0n) is 13.4. The molecule has 0 aromatic heterocycles. The summed E-state index contributed by atoms with van der Waals surface area (Å²) in [6.45, 7) is 0.533. The van der Waals surface area contributed by atoms with Crippen LogP contribution in [-0.2, 0) is 17.8 Å². The van der Waals surface area contributed by atoms with Crippen molar-refractivity contribution in [2.24, 2.45) is 5.73 Å². The number of hydrogen-bond acceptors (Lipinski definition) is 3. The molecular weight excluding hydrogens is 312 g/mol. The topological polar surface area (TPSA) is 55.6 Å². The van der Waals surface area contributed by atoms with Crippen molar-refractivity contribution in [2.45, 2.75) is 19.0 Å². The molecule has 1 unspecified atom stereocenters. The number of carbonyl (C=O) groups is 1. The van der Waals surface area contributed by atoms with Gasteiger partial charge < -0.3 is 15.4 Å². The molecule has 0 aliphatic heterocycles. The molecule has 0 fully saturated rings. The number of amides is 1. The fourth-order valence-corrected chi connectivity index (χ4v) is 2.32.